The van der Waals surface area contributed by atoms with Gasteiger partial charge in [0.2, 0.25) is 5.78 Å². The Balaban J connectivity index is 2.68. The predicted molar refractivity (Wildman–Crippen MR) is 121 cm³/mol. The molecule has 0 saturated heterocycles. The zero-order valence-electron chi connectivity index (χ0n) is 19.5. The molecule has 0 aromatic rings. The molecule has 0 aromatic heterocycles. The van der Waals surface area contributed by atoms with Crippen LogP contribution in [0, 0.1) is 11.8 Å². The van der Waals surface area contributed by atoms with E-state index in [2.05, 4.69) is 51.2 Å². The van der Waals surface area contributed by atoms with E-state index in [1.54, 1.807) is 0 Å². The van der Waals surface area contributed by atoms with Crippen molar-refractivity contribution in [3.8, 4) is 0 Å². The highest BCUT2D eigenvalue weighted by atomic mass is 16.5. The van der Waals surface area contributed by atoms with Gasteiger partial charge in [-0.25, -0.2) is 0 Å². The number of hydrogen-bond donors (Lipinski definition) is 2. The fourth-order valence-corrected chi connectivity index (χ4v) is 3.75. The van der Waals surface area contributed by atoms with Crippen LogP contribution in [0.4, 0.5) is 0 Å². The molecule has 164 valence electrons. The fraction of sp³-hybridized carbons (Fsp3) is 0.640. The monoisotopic (exact) mass is 403 g/mol. The summed E-state index contributed by atoms with van der Waals surface area (Å²) < 4.78 is 5.28. The lowest BCUT2D eigenvalue weighted by atomic mass is 9.76. The van der Waals surface area contributed by atoms with Crippen molar-refractivity contribution in [1.82, 2.24) is 5.32 Å². The normalized spacial score (nSPS) is 23.3. The minimum atomic E-state index is -0.709. The first-order chi connectivity index (χ1) is 13.7. The summed E-state index contributed by atoms with van der Waals surface area (Å²) in [5.74, 6) is -0.146. The summed E-state index contributed by atoms with van der Waals surface area (Å²) in [6.07, 6.45) is 11.0. The highest BCUT2D eigenvalue weighted by Gasteiger charge is 2.41. The summed E-state index contributed by atoms with van der Waals surface area (Å²) in [6.45, 7) is 13.1. The molecule has 0 fully saturated rings. The van der Waals surface area contributed by atoms with E-state index < -0.39 is 6.10 Å². The van der Waals surface area contributed by atoms with Gasteiger partial charge in [-0.1, -0.05) is 41.9 Å². The van der Waals surface area contributed by atoms with E-state index in [-0.39, 0.29) is 23.4 Å². The van der Waals surface area contributed by atoms with Crippen molar-refractivity contribution in [2.75, 3.05) is 13.7 Å². The van der Waals surface area contributed by atoms with E-state index in [4.69, 9.17) is 4.74 Å². The summed E-state index contributed by atoms with van der Waals surface area (Å²) in [5, 5.41) is 14.0. The Morgan fingerprint density at radius 2 is 1.66 bits per heavy atom. The van der Waals surface area contributed by atoms with Crippen LogP contribution in [0.2, 0.25) is 0 Å². The molecule has 3 atom stereocenters. The number of carbonyl (C=O) groups excluding carboxylic acids is 1. The summed E-state index contributed by atoms with van der Waals surface area (Å²) in [4.78, 5) is 12.7. The smallest absolute Gasteiger partial charge is 0.202 e. The van der Waals surface area contributed by atoms with E-state index in [0.717, 1.165) is 25.7 Å². The van der Waals surface area contributed by atoms with Crippen molar-refractivity contribution in [2.45, 2.75) is 79.8 Å². The van der Waals surface area contributed by atoms with Gasteiger partial charge in [0.15, 0.2) is 5.76 Å². The lowest BCUT2D eigenvalue weighted by Crippen LogP contribution is -2.43. The molecule has 4 heteroatoms. The van der Waals surface area contributed by atoms with Gasteiger partial charge in [0.1, 0.15) is 6.10 Å². The molecule has 0 amide bonds. The van der Waals surface area contributed by atoms with Crippen LogP contribution in [0.25, 0.3) is 0 Å². The standard InChI is InChI=1S/C25H41NO3/c1-8-26-22-24(28)21(20(6)23(27)25(22)29-7)16-15-19(5)14-10-13-18(4)12-9-11-17(2)3/h11,13,15,20-21,24,26,28H,8-10,12,14,16H2,1-7H3/b18-13+,19-15+/t20-,21-,24-/m0/s1. The Hall–Kier alpha value is -1.81. The molecule has 1 aliphatic rings. The third-order valence-corrected chi connectivity index (χ3v) is 5.66. The zero-order valence-corrected chi connectivity index (χ0v) is 19.5. The third kappa shape index (κ3) is 7.85. The van der Waals surface area contributed by atoms with Gasteiger partial charge in [-0.15, -0.1) is 0 Å². The van der Waals surface area contributed by atoms with E-state index in [0.29, 0.717) is 18.7 Å². The van der Waals surface area contributed by atoms with E-state index in [1.165, 1.54) is 23.8 Å². The second-order valence-corrected chi connectivity index (χ2v) is 8.43. The fourth-order valence-electron chi connectivity index (χ4n) is 3.75. The number of likely N-dealkylation sites (N-methyl/N-ethyl adjacent to an activating group) is 1. The summed E-state index contributed by atoms with van der Waals surface area (Å²) in [7, 11) is 1.49. The molecule has 0 unspecified atom stereocenters. The molecule has 1 aliphatic carbocycles. The van der Waals surface area contributed by atoms with Crippen LogP contribution in [0.5, 0.6) is 0 Å². The number of ketones is 1. The SMILES string of the molecule is CCNC1=C(OC)C(=O)[C@@H](C)[C@H](C/C=C(\C)CC/C=C(\C)CCC=C(C)C)[C@@H]1O. The van der Waals surface area contributed by atoms with Gasteiger partial charge >= 0.3 is 0 Å². The van der Waals surface area contributed by atoms with Crippen molar-refractivity contribution in [2.24, 2.45) is 11.8 Å². The summed E-state index contributed by atoms with van der Waals surface area (Å²) >= 11 is 0. The summed E-state index contributed by atoms with van der Waals surface area (Å²) in [6, 6.07) is 0. The first-order valence-electron chi connectivity index (χ1n) is 10.9. The molecule has 0 aliphatic heterocycles. The molecule has 0 saturated carbocycles. The van der Waals surface area contributed by atoms with Gasteiger partial charge in [-0.05, 0) is 66.7 Å². The number of ether oxygens (including phenoxy) is 1. The van der Waals surface area contributed by atoms with Gasteiger partial charge in [-0.3, -0.25) is 4.79 Å². The van der Waals surface area contributed by atoms with Gasteiger partial charge in [0.05, 0.1) is 12.8 Å². The second kappa shape index (κ2) is 12.7. The second-order valence-electron chi connectivity index (χ2n) is 8.43. The highest BCUT2D eigenvalue weighted by molar-refractivity contribution is 5.97. The Morgan fingerprint density at radius 1 is 1.07 bits per heavy atom. The van der Waals surface area contributed by atoms with Crippen LogP contribution in [0.15, 0.2) is 46.4 Å². The average Bonchev–Trinajstić information content (AvgIpc) is 2.66. The van der Waals surface area contributed by atoms with Crippen LogP contribution in [-0.4, -0.2) is 30.6 Å². The quantitative estimate of drug-likeness (QED) is 0.450. The molecule has 0 heterocycles. The molecule has 29 heavy (non-hydrogen) atoms. The van der Waals surface area contributed by atoms with Crippen molar-refractivity contribution in [3.63, 3.8) is 0 Å². The van der Waals surface area contributed by atoms with Crippen LogP contribution in [-0.2, 0) is 9.53 Å². The van der Waals surface area contributed by atoms with E-state index in [9.17, 15) is 9.90 Å². The minimum absolute atomic E-state index is 0.0280. The zero-order chi connectivity index (χ0) is 22.0. The number of nitrogens with one attached hydrogen (secondary N) is 1. The third-order valence-electron chi connectivity index (χ3n) is 5.66. The number of methoxy groups -OCH3 is 1. The van der Waals surface area contributed by atoms with Crippen LogP contribution in [0.3, 0.4) is 0 Å². The predicted octanol–water partition coefficient (Wildman–Crippen LogP) is 5.46. The number of aliphatic hydroxyl groups excluding tert-OH is 1. The van der Waals surface area contributed by atoms with Crippen molar-refractivity contribution < 1.29 is 14.6 Å². The van der Waals surface area contributed by atoms with Crippen molar-refractivity contribution >= 4 is 5.78 Å². The molecule has 4 nitrogen and oxygen atoms in total. The van der Waals surface area contributed by atoms with Crippen molar-refractivity contribution in [1.29, 1.82) is 0 Å². The maximum absolute atomic E-state index is 12.7. The molecule has 0 bridgehead atoms. The number of aliphatic hydroxyl groups is 1. The van der Waals surface area contributed by atoms with Crippen molar-refractivity contribution in [3.05, 3.63) is 46.4 Å². The van der Waals surface area contributed by atoms with Gasteiger partial charge in [0.25, 0.3) is 0 Å². The van der Waals surface area contributed by atoms with Gasteiger partial charge in [0, 0.05) is 18.4 Å². The molecule has 1 rings (SSSR count). The number of rotatable bonds is 11. The summed E-state index contributed by atoms with van der Waals surface area (Å²) in [5.41, 5.74) is 4.64. The number of Topliss-reactive ketones (excluding diaryl/α,β-unsaturated/α-hetero) is 1. The van der Waals surface area contributed by atoms with E-state index in [1.807, 2.05) is 13.8 Å². The first kappa shape index (κ1) is 25.2. The average molecular weight is 404 g/mol. The molecule has 0 radical (unpaired) electrons. The molecular weight excluding hydrogens is 362 g/mol. The van der Waals surface area contributed by atoms with E-state index >= 15 is 0 Å². The minimum Gasteiger partial charge on any atom is -0.491 e. The molecule has 2 N–H and O–H groups in total. The Labute approximate surface area is 177 Å². The lowest BCUT2D eigenvalue weighted by Gasteiger charge is -2.35. The molecular formula is C25H41NO3. The topological polar surface area (TPSA) is 58.6 Å². The van der Waals surface area contributed by atoms with Crippen LogP contribution >= 0.6 is 0 Å². The first-order valence-corrected chi connectivity index (χ1v) is 10.9. The van der Waals surface area contributed by atoms with Gasteiger partial charge < -0.3 is 15.2 Å². The number of allylic oxidation sites excluding steroid dienone is 7. The van der Waals surface area contributed by atoms with Crippen LogP contribution < -0.4 is 5.32 Å². The van der Waals surface area contributed by atoms with Crippen LogP contribution in [0.1, 0.15) is 73.6 Å². The molecule has 0 spiro atoms. The molecule has 0 aromatic carbocycles. The maximum atomic E-state index is 12.7. The lowest BCUT2D eigenvalue weighted by molar-refractivity contribution is -0.126. The largest absolute Gasteiger partial charge is 0.491 e. The highest BCUT2D eigenvalue weighted by Crippen LogP contribution is 2.34. The Morgan fingerprint density at radius 3 is 2.21 bits per heavy atom. The van der Waals surface area contributed by atoms with Gasteiger partial charge in [-0.2, -0.15) is 0 Å². The Bertz CT molecular complexity index is 666. The Kier molecular flexibility index (Phi) is 11.0. The number of carbonyl (C=O) groups is 1. The number of hydrogen-bond acceptors (Lipinski definition) is 4. The maximum Gasteiger partial charge on any atom is 0.202 e.